The van der Waals surface area contributed by atoms with Gasteiger partial charge in [0.2, 0.25) is 0 Å². The molecule has 7 nitrogen and oxygen atoms in total. The number of nitrogens with zero attached hydrogens (tertiary/aromatic N) is 2. The summed E-state index contributed by atoms with van der Waals surface area (Å²) in [7, 11) is 3.35. The number of aromatic nitrogens is 2. The number of para-hydroxylation sites is 2. The lowest BCUT2D eigenvalue weighted by molar-refractivity contribution is -0.00701. The van der Waals surface area contributed by atoms with E-state index in [4.69, 9.17) is 14.2 Å². The first-order valence-electron chi connectivity index (χ1n) is 8.75. The summed E-state index contributed by atoms with van der Waals surface area (Å²) in [6.45, 7) is 4.78. The van der Waals surface area contributed by atoms with Crippen LogP contribution in [0.1, 0.15) is 41.7 Å². The lowest BCUT2D eigenvalue weighted by atomic mass is 9.99. The number of methoxy groups -OCH3 is 1. The highest BCUT2D eigenvalue weighted by atomic mass is 16.5. The van der Waals surface area contributed by atoms with Gasteiger partial charge in [0.05, 0.1) is 31.6 Å². The minimum atomic E-state index is -0.118. The van der Waals surface area contributed by atoms with E-state index in [-0.39, 0.29) is 18.1 Å². The molecule has 0 saturated carbocycles. The Balaban J connectivity index is 1.62. The summed E-state index contributed by atoms with van der Waals surface area (Å²) >= 11 is 0. The molecule has 2 aromatic rings. The minimum Gasteiger partial charge on any atom is -0.493 e. The maximum absolute atomic E-state index is 12.8. The molecule has 0 fully saturated rings. The Morgan fingerprint density at radius 1 is 1.35 bits per heavy atom. The Bertz CT molecular complexity index is 774. The highest BCUT2D eigenvalue weighted by Crippen LogP contribution is 2.30. The number of likely N-dealkylation sites (N-methyl/N-ethyl adjacent to an activating group) is 1. The van der Waals surface area contributed by atoms with E-state index in [1.165, 1.54) is 0 Å². The number of fused-ring (bicyclic) bond motifs is 1. The molecule has 2 atom stereocenters. The van der Waals surface area contributed by atoms with Gasteiger partial charge >= 0.3 is 0 Å². The van der Waals surface area contributed by atoms with Crippen molar-refractivity contribution in [3.05, 3.63) is 41.2 Å². The van der Waals surface area contributed by atoms with Crippen LogP contribution in [0.4, 0.5) is 0 Å². The molecule has 0 radical (unpaired) electrons. The van der Waals surface area contributed by atoms with Crippen molar-refractivity contribution in [2.24, 2.45) is 0 Å². The molecule has 3 rings (SSSR count). The summed E-state index contributed by atoms with van der Waals surface area (Å²) < 4.78 is 16.8. The Morgan fingerprint density at radius 3 is 2.81 bits per heavy atom. The fraction of sp³-hybridized carbons (Fsp3) is 0.474. The van der Waals surface area contributed by atoms with Crippen LogP contribution in [0, 0.1) is 0 Å². The van der Waals surface area contributed by atoms with Crippen LogP contribution in [0.2, 0.25) is 0 Å². The molecule has 1 amide bonds. The molecule has 1 aromatic heterocycles. The number of aromatic amines is 1. The predicted molar refractivity (Wildman–Crippen MR) is 96.7 cm³/mol. The molecule has 0 aliphatic carbocycles. The molecule has 0 spiro atoms. The number of carbonyl (C=O) groups excluding carboxylic acids is 1. The monoisotopic (exact) mass is 359 g/mol. The lowest BCUT2D eigenvalue weighted by Crippen LogP contribution is -2.32. The second-order valence-electron chi connectivity index (χ2n) is 6.48. The molecule has 1 aromatic carbocycles. The molecule has 7 heteroatoms. The Kier molecular flexibility index (Phi) is 5.46. The van der Waals surface area contributed by atoms with Crippen molar-refractivity contribution in [1.29, 1.82) is 0 Å². The van der Waals surface area contributed by atoms with Crippen LogP contribution < -0.4 is 9.47 Å². The minimum absolute atomic E-state index is 0.0702. The quantitative estimate of drug-likeness (QED) is 0.858. The molecule has 1 aliphatic rings. The van der Waals surface area contributed by atoms with Crippen LogP contribution in [-0.4, -0.2) is 54.4 Å². The normalized spacial score (nSPS) is 18.9. The van der Waals surface area contributed by atoms with Gasteiger partial charge in [0.25, 0.3) is 5.91 Å². The number of hydrogen-bond acceptors (Lipinski definition) is 5. The first-order valence-corrected chi connectivity index (χ1v) is 8.75. The molecule has 0 saturated heterocycles. The van der Waals surface area contributed by atoms with E-state index in [1.807, 2.05) is 38.1 Å². The van der Waals surface area contributed by atoms with E-state index in [9.17, 15) is 4.79 Å². The molecular formula is C19H25N3O4. The summed E-state index contributed by atoms with van der Waals surface area (Å²) in [4.78, 5) is 14.4. The van der Waals surface area contributed by atoms with Crippen molar-refractivity contribution in [3.63, 3.8) is 0 Å². The molecule has 140 valence electrons. The number of rotatable bonds is 6. The predicted octanol–water partition coefficient (Wildman–Crippen LogP) is 2.59. The van der Waals surface area contributed by atoms with Gasteiger partial charge in [-0.3, -0.25) is 9.89 Å². The van der Waals surface area contributed by atoms with Crippen LogP contribution in [0.5, 0.6) is 11.5 Å². The SMILES string of the molecule is COc1ccccc1OCCN(C)C(=O)c1n[nH]c2c1C[C@H](C)O[C@@H]2C. The van der Waals surface area contributed by atoms with Crippen LogP contribution in [0.15, 0.2) is 24.3 Å². The molecule has 1 N–H and O–H groups in total. The van der Waals surface area contributed by atoms with Crippen LogP contribution in [-0.2, 0) is 11.2 Å². The lowest BCUT2D eigenvalue weighted by Gasteiger charge is -2.25. The maximum Gasteiger partial charge on any atom is 0.274 e. The highest BCUT2D eigenvalue weighted by Gasteiger charge is 2.30. The van der Waals surface area contributed by atoms with Crippen molar-refractivity contribution in [2.45, 2.75) is 32.5 Å². The summed E-state index contributed by atoms with van der Waals surface area (Å²) in [5.41, 5.74) is 2.32. The van der Waals surface area contributed by atoms with Gasteiger partial charge in [0, 0.05) is 19.0 Å². The number of nitrogens with one attached hydrogen (secondary N) is 1. The van der Waals surface area contributed by atoms with Gasteiger partial charge in [-0.2, -0.15) is 5.10 Å². The average molecular weight is 359 g/mol. The molecule has 1 aliphatic heterocycles. The second kappa shape index (κ2) is 7.78. The first kappa shape index (κ1) is 18.3. The fourth-order valence-corrected chi connectivity index (χ4v) is 3.16. The number of carbonyl (C=O) groups is 1. The highest BCUT2D eigenvalue weighted by molar-refractivity contribution is 5.94. The third-order valence-electron chi connectivity index (χ3n) is 4.54. The van der Waals surface area contributed by atoms with Crippen molar-refractivity contribution in [3.8, 4) is 11.5 Å². The standard InChI is InChI=1S/C19H25N3O4/c1-12-11-14-17(13(2)26-12)20-21-18(14)19(23)22(3)9-10-25-16-8-6-5-7-15(16)24-4/h5-8,12-13H,9-11H2,1-4H3,(H,20,21)/t12-,13+/m0/s1. The third-order valence-corrected chi connectivity index (χ3v) is 4.54. The van der Waals surface area contributed by atoms with Gasteiger partial charge < -0.3 is 19.1 Å². The van der Waals surface area contributed by atoms with Crippen LogP contribution in [0.25, 0.3) is 0 Å². The van der Waals surface area contributed by atoms with Gasteiger partial charge in [0.15, 0.2) is 17.2 Å². The summed E-state index contributed by atoms with van der Waals surface area (Å²) in [6, 6.07) is 7.44. The smallest absolute Gasteiger partial charge is 0.274 e. The zero-order valence-electron chi connectivity index (χ0n) is 15.6. The number of amides is 1. The molecule has 26 heavy (non-hydrogen) atoms. The van der Waals surface area contributed by atoms with Gasteiger partial charge in [-0.1, -0.05) is 12.1 Å². The number of hydrogen-bond donors (Lipinski definition) is 1. The molecular weight excluding hydrogens is 334 g/mol. The third kappa shape index (κ3) is 3.67. The van der Waals surface area contributed by atoms with E-state index < -0.39 is 0 Å². The average Bonchev–Trinajstić information content (AvgIpc) is 3.05. The van der Waals surface area contributed by atoms with E-state index in [0.717, 1.165) is 11.3 Å². The van der Waals surface area contributed by atoms with Gasteiger partial charge in [-0.05, 0) is 26.0 Å². The van der Waals surface area contributed by atoms with Gasteiger partial charge in [-0.25, -0.2) is 0 Å². The maximum atomic E-state index is 12.8. The van der Waals surface area contributed by atoms with Crippen molar-refractivity contribution < 1.29 is 19.0 Å². The summed E-state index contributed by atoms with van der Waals surface area (Å²) in [6.07, 6.45) is 0.672. The largest absolute Gasteiger partial charge is 0.493 e. The van der Waals surface area contributed by atoms with Crippen molar-refractivity contribution in [1.82, 2.24) is 15.1 Å². The fourth-order valence-electron chi connectivity index (χ4n) is 3.16. The number of H-pyrrole nitrogens is 1. The van der Waals surface area contributed by atoms with Crippen LogP contribution in [0.3, 0.4) is 0 Å². The molecule has 0 unspecified atom stereocenters. The second-order valence-corrected chi connectivity index (χ2v) is 6.48. The Morgan fingerprint density at radius 2 is 2.08 bits per heavy atom. The van der Waals surface area contributed by atoms with E-state index in [1.54, 1.807) is 19.1 Å². The first-order chi connectivity index (χ1) is 12.5. The van der Waals surface area contributed by atoms with Crippen LogP contribution >= 0.6 is 0 Å². The van der Waals surface area contributed by atoms with Gasteiger partial charge in [-0.15, -0.1) is 0 Å². The van der Waals surface area contributed by atoms with E-state index in [0.29, 0.717) is 36.8 Å². The Labute approximate surface area is 153 Å². The number of benzene rings is 1. The van der Waals surface area contributed by atoms with Gasteiger partial charge in [0.1, 0.15) is 6.61 Å². The van der Waals surface area contributed by atoms with E-state index >= 15 is 0 Å². The zero-order valence-corrected chi connectivity index (χ0v) is 15.6. The number of ether oxygens (including phenoxy) is 3. The zero-order chi connectivity index (χ0) is 18.7. The van der Waals surface area contributed by atoms with Crippen molar-refractivity contribution in [2.75, 3.05) is 27.3 Å². The molecule has 0 bridgehead atoms. The van der Waals surface area contributed by atoms with Crippen molar-refractivity contribution >= 4 is 5.91 Å². The Hall–Kier alpha value is -2.54. The summed E-state index contributed by atoms with van der Waals surface area (Å²) in [5, 5.41) is 7.20. The topological polar surface area (TPSA) is 76.7 Å². The summed E-state index contributed by atoms with van der Waals surface area (Å²) in [5.74, 6) is 1.21. The van der Waals surface area contributed by atoms with E-state index in [2.05, 4.69) is 10.2 Å². The molecule has 2 heterocycles.